The zero-order valence-corrected chi connectivity index (χ0v) is 15.2. The molecule has 0 spiro atoms. The Morgan fingerprint density at radius 3 is 2.67 bits per heavy atom. The first kappa shape index (κ1) is 17.5. The first-order valence-electron chi connectivity index (χ1n) is 8.99. The first-order chi connectivity index (χ1) is 13.3. The number of nitrogens with zero attached hydrogens (tertiary/aromatic N) is 1. The van der Waals surface area contributed by atoms with E-state index in [0.29, 0.717) is 18.8 Å². The fraction of sp³-hybridized carbons (Fsp3) is 0.227. The first-order valence-corrected chi connectivity index (χ1v) is 8.99. The summed E-state index contributed by atoms with van der Waals surface area (Å²) in [6.07, 6.45) is 0. The van der Waals surface area contributed by atoms with Crippen molar-refractivity contribution in [1.82, 2.24) is 5.32 Å². The second kappa shape index (κ2) is 7.76. The van der Waals surface area contributed by atoms with Gasteiger partial charge in [0.05, 0.1) is 18.7 Å². The molecule has 0 saturated heterocycles. The molecule has 1 aliphatic rings. The number of hydrogen-bond donors (Lipinski definition) is 1. The van der Waals surface area contributed by atoms with Gasteiger partial charge in [-0.2, -0.15) is 0 Å². The van der Waals surface area contributed by atoms with E-state index < -0.39 is 0 Å². The second-order valence-electron chi connectivity index (χ2n) is 6.39. The van der Waals surface area contributed by atoms with Crippen molar-refractivity contribution in [3.63, 3.8) is 0 Å². The molecule has 3 aromatic rings. The number of amidine groups is 1. The molecule has 0 aliphatic carbocycles. The van der Waals surface area contributed by atoms with Crippen LogP contribution in [-0.2, 0) is 4.74 Å². The normalized spacial score (nSPS) is 13.5. The number of ether oxygens (including phenoxy) is 2. The Morgan fingerprint density at radius 1 is 1.00 bits per heavy atom. The van der Waals surface area contributed by atoms with Gasteiger partial charge in [-0.25, -0.2) is 4.39 Å². The molecule has 0 unspecified atom stereocenters. The van der Waals surface area contributed by atoms with Crippen molar-refractivity contribution in [2.75, 3.05) is 33.4 Å². The zero-order valence-electron chi connectivity index (χ0n) is 15.2. The number of nitrogens with one attached hydrogen (secondary N) is 1. The van der Waals surface area contributed by atoms with Gasteiger partial charge < -0.3 is 14.8 Å². The van der Waals surface area contributed by atoms with Gasteiger partial charge >= 0.3 is 0 Å². The topological polar surface area (TPSA) is 42.9 Å². The molecule has 4 rings (SSSR count). The van der Waals surface area contributed by atoms with Crippen LogP contribution < -0.4 is 10.1 Å². The van der Waals surface area contributed by atoms with Crippen LogP contribution in [-0.4, -0.2) is 39.2 Å². The molecule has 138 valence electrons. The lowest BCUT2D eigenvalue weighted by Gasteiger charge is -2.14. The minimum absolute atomic E-state index is 0.224. The van der Waals surface area contributed by atoms with Crippen LogP contribution in [0.3, 0.4) is 0 Å². The zero-order chi connectivity index (χ0) is 18.6. The van der Waals surface area contributed by atoms with E-state index in [1.54, 1.807) is 19.2 Å². The number of benzene rings is 3. The minimum Gasteiger partial charge on any atom is -0.490 e. The maximum atomic E-state index is 14.2. The van der Waals surface area contributed by atoms with Gasteiger partial charge in [-0.1, -0.05) is 30.3 Å². The summed E-state index contributed by atoms with van der Waals surface area (Å²) >= 11 is 0. The molecule has 0 atom stereocenters. The van der Waals surface area contributed by atoms with Crippen molar-refractivity contribution >= 4 is 16.6 Å². The average Bonchev–Trinajstić information content (AvgIpc) is 3.22. The third-order valence-corrected chi connectivity index (χ3v) is 4.60. The smallest absolute Gasteiger partial charge is 0.132 e. The molecule has 1 N–H and O–H groups in total. The standard InChI is InChI=1S/C22H21FN2O2/c1-26-10-11-27-21-14-15-6-7-16(18-4-2-3-5-20(18)23)12-17(15)13-19(21)22-24-8-9-25-22/h2-7,12-14H,8-11H2,1H3,(H,24,25). The highest BCUT2D eigenvalue weighted by atomic mass is 19.1. The van der Waals surface area contributed by atoms with Crippen LogP contribution in [0.25, 0.3) is 21.9 Å². The summed E-state index contributed by atoms with van der Waals surface area (Å²) in [6.45, 7) is 2.56. The van der Waals surface area contributed by atoms with Crippen LogP contribution >= 0.6 is 0 Å². The highest BCUT2D eigenvalue weighted by molar-refractivity contribution is 6.06. The van der Waals surface area contributed by atoms with Gasteiger partial charge in [-0.05, 0) is 40.6 Å². The summed E-state index contributed by atoms with van der Waals surface area (Å²) in [5.74, 6) is 1.38. The molecular weight excluding hydrogens is 343 g/mol. The van der Waals surface area contributed by atoms with E-state index in [1.807, 2.05) is 30.3 Å². The third kappa shape index (κ3) is 3.64. The van der Waals surface area contributed by atoms with E-state index in [0.717, 1.165) is 46.6 Å². The summed E-state index contributed by atoms with van der Waals surface area (Å²) in [4.78, 5) is 4.53. The van der Waals surface area contributed by atoms with Crippen molar-refractivity contribution < 1.29 is 13.9 Å². The monoisotopic (exact) mass is 364 g/mol. The third-order valence-electron chi connectivity index (χ3n) is 4.60. The van der Waals surface area contributed by atoms with Crippen molar-refractivity contribution in [2.24, 2.45) is 4.99 Å². The number of fused-ring (bicyclic) bond motifs is 1. The number of hydrogen-bond acceptors (Lipinski definition) is 4. The Morgan fingerprint density at radius 2 is 1.89 bits per heavy atom. The molecule has 0 amide bonds. The van der Waals surface area contributed by atoms with Crippen molar-refractivity contribution in [2.45, 2.75) is 0 Å². The molecule has 1 heterocycles. The van der Waals surface area contributed by atoms with Gasteiger partial charge in [0.15, 0.2) is 0 Å². The SMILES string of the molecule is COCCOc1cc2ccc(-c3ccccc3F)cc2cc1C1=NCCN1. The molecule has 5 heteroatoms. The molecular formula is C22H21FN2O2. The second-order valence-corrected chi connectivity index (χ2v) is 6.39. The van der Waals surface area contributed by atoms with Gasteiger partial charge in [-0.15, -0.1) is 0 Å². The van der Waals surface area contributed by atoms with Crippen LogP contribution in [0.5, 0.6) is 5.75 Å². The predicted molar refractivity (Wildman–Crippen MR) is 106 cm³/mol. The van der Waals surface area contributed by atoms with Gasteiger partial charge in [0.25, 0.3) is 0 Å². The lowest BCUT2D eigenvalue weighted by molar-refractivity contribution is 0.146. The molecule has 3 aromatic carbocycles. The number of rotatable bonds is 6. The Balaban J connectivity index is 1.79. The highest BCUT2D eigenvalue weighted by Crippen LogP contribution is 2.31. The molecule has 0 aromatic heterocycles. The molecule has 1 aliphatic heterocycles. The lowest BCUT2D eigenvalue weighted by Crippen LogP contribution is -2.20. The van der Waals surface area contributed by atoms with E-state index in [4.69, 9.17) is 9.47 Å². The number of methoxy groups -OCH3 is 1. The summed E-state index contributed by atoms with van der Waals surface area (Å²) in [7, 11) is 1.65. The van der Waals surface area contributed by atoms with E-state index in [-0.39, 0.29) is 5.82 Å². The van der Waals surface area contributed by atoms with Crippen molar-refractivity contribution in [3.05, 3.63) is 66.0 Å². The summed E-state index contributed by atoms with van der Waals surface area (Å²) < 4.78 is 25.2. The van der Waals surface area contributed by atoms with Crippen LogP contribution in [0.1, 0.15) is 5.56 Å². The van der Waals surface area contributed by atoms with Gasteiger partial charge in [0.2, 0.25) is 0 Å². The van der Waals surface area contributed by atoms with Gasteiger partial charge in [0, 0.05) is 19.2 Å². The quantitative estimate of drug-likeness (QED) is 0.672. The van der Waals surface area contributed by atoms with E-state index in [2.05, 4.69) is 16.4 Å². The molecule has 0 radical (unpaired) electrons. The highest BCUT2D eigenvalue weighted by Gasteiger charge is 2.16. The van der Waals surface area contributed by atoms with Crippen LogP contribution in [0, 0.1) is 5.82 Å². The van der Waals surface area contributed by atoms with Gasteiger partial charge in [0.1, 0.15) is 24.0 Å². The van der Waals surface area contributed by atoms with Crippen LogP contribution in [0.4, 0.5) is 4.39 Å². The summed E-state index contributed by atoms with van der Waals surface area (Å²) in [6, 6.07) is 16.8. The van der Waals surface area contributed by atoms with Crippen LogP contribution in [0.15, 0.2) is 59.6 Å². The molecule has 4 nitrogen and oxygen atoms in total. The molecule has 0 fully saturated rings. The number of aliphatic imine (C=N–C) groups is 1. The molecule has 0 bridgehead atoms. The van der Waals surface area contributed by atoms with E-state index in [9.17, 15) is 4.39 Å². The summed E-state index contributed by atoms with van der Waals surface area (Å²) in [5, 5.41) is 5.35. The maximum absolute atomic E-state index is 14.2. The lowest BCUT2D eigenvalue weighted by atomic mass is 9.98. The fourth-order valence-corrected chi connectivity index (χ4v) is 3.26. The Bertz CT molecular complexity index is 1000. The fourth-order valence-electron chi connectivity index (χ4n) is 3.26. The Labute approximate surface area is 157 Å². The Kier molecular flexibility index (Phi) is 5.03. The van der Waals surface area contributed by atoms with Gasteiger partial charge in [-0.3, -0.25) is 4.99 Å². The van der Waals surface area contributed by atoms with Crippen molar-refractivity contribution in [3.8, 4) is 16.9 Å². The number of halogens is 1. The minimum atomic E-state index is -0.224. The van der Waals surface area contributed by atoms with E-state index in [1.165, 1.54) is 6.07 Å². The summed E-state index contributed by atoms with van der Waals surface area (Å²) in [5.41, 5.74) is 2.36. The van der Waals surface area contributed by atoms with E-state index >= 15 is 0 Å². The molecule has 27 heavy (non-hydrogen) atoms. The average molecular weight is 364 g/mol. The predicted octanol–water partition coefficient (Wildman–Crippen LogP) is 4.02. The van der Waals surface area contributed by atoms with Crippen molar-refractivity contribution in [1.29, 1.82) is 0 Å². The maximum Gasteiger partial charge on any atom is 0.132 e. The Hall–Kier alpha value is -2.92. The van der Waals surface area contributed by atoms with Crippen LogP contribution in [0.2, 0.25) is 0 Å². The molecule has 0 saturated carbocycles. The largest absolute Gasteiger partial charge is 0.490 e.